The number of aliphatic hydroxyl groups excluding tert-OH is 1. The number of hydrogen-bond donors (Lipinski definition) is 1. The van der Waals surface area contributed by atoms with Crippen molar-refractivity contribution in [3.05, 3.63) is 28.8 Å². The molecule has 0 radical (unpaired) electrons. The van der Waals surface area contributed by atoms with Crippen molar-refractivity contribution < 1.29 is 13.5 Å². The fraction of sp³-hybridized carbons (Fsp3) is 0.571. The fourth-order valence-corrected chi connectivity index (χ4v) is 4.42. The number of benzene rings is 1. The topological polar surface area (TPSA) is 60.9 Å². The molecule has 7 heteroatoms. The van der Waals surface area contributed by atoms with Crippen molar-refractivity contribution in [3.8, 4) is 0 Å². The molecule has 0 saturated carbocycles. The smallest absolute Gasteiger partial charge is 0.244 e. The summed E-state index contributed by atoms with van der Waals surface area (Å²) in [7, 11) is -0.0187. The van der Waals surface area contributed by atoms with Crippen molar-refractivity contribution in [3.63, 3.8) is 0 Å². The predicted octanol–water partition coefficient (Wildman–Crippen LogP) is 1.40. The lowest BCUT2D eigenvalue weighted by atomic mass is 10.1. The molecule has 0 aliphatic carbocycles. The first kappa shape index (κ1) is 16.7. The van der Waals surface area contributed by atoms with E-state index in [1.54, 1.807) is 13.1 Å². The second-order valence-electron chi connectivity index (χ2n) is 5.63. The lowest BCUT2D eigenvalue weighted by Crippen LogP contribution is -2.33. The molecule has 5 nitrogen and oxygen atoms in total. The van der Waals surface area contributed by atoms with E-state index in [2.05, 4.69) is 4.90 Å². The highest BCUT2D eigenvalue weighted by molar-refractivity contribution is 7.89. The zero-order valence-corrected chi connectivity index (χ0v) is 13.9. The maximum absolute atomic E-state index is 12.6. The van der Waals surface area contributed by atoms with Gasteiger partial charge < -0.3 is 10.0 Å². The highest BCUT2D eigenvalue weighted by Gasteiger charge is 2.28. The number of sulfonamides is 1. The van der Waals surface area contributed by atoms with Gasteiger partial charge in [-0.1, -0.05) is 17.7 Å². The van der Waals surface area contributed by atoms with Crippen LogP contribution in [0.2, 0.25) is 5.02 Å². The Bertz CT molecular complexity index is 606. The fourth-order valence-electron chi connectivity index (χ4n) is 2.65. The Kier molecular flexibility index (Phi) is 5.27. The molecule has 1 aliphatic heterocycles. The molecule has 0 bridgehead atoms. The predicted molar refractivity (Wildman–Crippen MR) is 82.8 cm³/mol. The van der Waals surface area contributed by atoms with Gasteiger partial charge in [0.25, 0.3) is 0 Å². The van der Waals surface area contributed by atoms with Gasteiger partial charge in [-0.05, 0) is 43.6 Å². The van der Waals surface area contributed by atoms with E-state index in [9.17, 15) is 8.42 Å². The molecule has 1 aliphatic rings. The Morgan fingerprint density at radius 2 is 2.19 bits per heavy atom. The molecule has 1 unspecified atom stereocenters. The average molecular weight is 333 g/mol. The molecule has 1 aromatic carbocycles. The largest absolute Gasteiger partial charge is 0.392 e. The van der Waals surface area contributed by atoms with Crippen molar-refractivity contribution in [1.29, 1.82) is 0 Å². The van der Waals surface area contributed by atoms with E-state index in [0.29, 0.717) is 18.0 Å². The van der Waals surface area contributed by atoms with Crippen LogP contribution in [0.25, 0.3) is 0 Å². The standard InChI is InChI=1S/C14H21ClN2O3S/c1-16-6-5-12(8-16)9-17(2)21(19,20)14-7-11(10-18)3-4-13(14)15/h3-4,7,12,18H,5-6,8-10H2,1-2H3. The van der Waals surface area contributed by atoms with Crippen LogP contribution in [0.15, 0.2) is 23.1 Å². The molecule has 1 heterocycles. The molecule has 1 fully saturated rings. The monoisotopic (exact) mass is 332 g/mol. The van der Waals surface area contributed by atoms with Crippen molar-refractivity contribution in [2.75, 3.05) is 33.7 Å². The van der Waals surface area contributed by atoms with Gasteiger partial charge in [0.1, 0.15) is 4.90 Å². The molecule has 0 aromatic heterocycles. The van der Waals surface area contributed by atoms with E-state index >= 15 is 0 Å². The minimum atomic E-state index is -3.64. The lowest BCUT2D eigenvalue weighted by molar-refractivity contribution is 0.281. The summed E-state index contributed by atoms with van der Waals surface area (Å²) in [6.07, 6.45) is 1.00. The number of likely N-dealkylation sites (tertiary alicyclic amines) is 1. The number of aliphatic hydroxyl groups is 1. The van der Waals surface area contributed by atoms with Crippen LogP contribution >= 0.6 is 11.6 Å². The third-order valence-corrected chi connectivity index (χ3v) is 6.18. The van der Waals surface area contributed by atoms with Gasteiger partial charge >= 0.3 is 0 Å². The molecule has 21 heavy (non-hydrogen) atoms. The highest BCUT2D eigenvalue weighted by atomic mass is 35.5. The molecule has 118 valence electrons. The van der Waals surface area contributed by atoms with E-state index in [1.807, 2.05) is 7.05 Å². The second kappa shape index (κ2) is 6.62. The lowest BCUT2D eigenvalue weighted by Gasteiger charge is -2.21. The average Bonchev–Trinajstić information content (AvgIpc) is 2.84. The van der Waals surface area contributed by atoms with Crippen molar-refractivity contribution in [2.45, 2.75) is 17.9 Å². The van der Waals surface area contributed by atoms with E-state index in [-0.39, 0.29) is 16.5 Å². The van der Waals surface area contributed by atoms with Crippen LogP contribution in [0.5, 0.6) is 0 Å². The highest BCUT2D eigenvalue weighted by Crippen LogP contribution is 2.27. The first-order chi connectivity index (χ1) is 9.84. The first-order valence-electron chi connectivity index (χ1n) is 6.88. The van der Waals surface area contributed by atoms with Crippen LogP contribution in [-0.2, 0) is 16.6 Å². The van der Waals surface area contributed by atoms with Crippen LogP contribution in [-0.4, -0.2) is 56.5 Å². The van der Waals surface area contributed by atoms with Gasteiger partial charge in [0.15, 0.2) is 0 Å². The van der Waals surface area contributed by atoms with Crippen LogP contribution in [0.4, 0.5) is 0 Å². The molecule has 1 saturated heterocycles. The van der Waals surface area contributed by atoms with Crippen molar-refractivity contribution in [1.82, 2.24) is 9.21 Å². The third kappa shape index (κ3) is 3.76. The Labute approximate surface area is 131 Å². The van der Waals surface area contributed by atoms with Crippen LogP contribution in [0.1, 0.15) is 12.0 Å². The minimum Gasteiger partial charge on any atom is -0.392 e. The van der Waals surface area contributed by atoms with Gasteiger partial charge in [-0.25, -0.2) is 12.7 Å². The van der Waals surface area contributed by atoms with Crippen molar-refractivity contribution >= 4 is 21.6 Å². The number of rotatable bonds is 5. The molecular formula is C14H21ClN2O3S. The maximum atomic E-state index is 12.6. The maximum Gasteiger partial charge on any atom is 0.244 e. The van der Waals surface area contributed by atoms with Gasteiger partial charge in [-0.2, -0.15) is 0 Å². The minimum absolute atomic E-state index is 0.0598. The Balaban J connectivity index is 2.20. The Hall–Kier alpha value is -0.660. The van der Waals surface area contributed by atoms with E-state index in [0.717, 1.165) is 19.5 Å². The number of nitrogens with zero attached hydrogens (tertiary/aromatic N) is 2. The Morgan fingerprint density at radius 1 is 1.48 bits per heavy atom. The summed E-state index contributed by atoms with van der Waals surface area (Å²) < 4.78 is 26.6. The Morgan fingerprint density at radius 3 is 2.76 bits per heavy atom. The van der Waals surface area contributed by atoms with E-state index in [1.165, 1.54) is 16.4 Å². The zero-order chi connectivity index (χ0) is 15.6. The zero-order valence-electron chi connectivity index (χ0n) is 12.3. The molecule has 2 rings (SSSR count). The van der Waals surface area contributed by atoms with Gasteiger partial charge in [-0.15, -0.1) is 0 Å². The summed E-state index contributed by atoms with van der Waals surface area (Å²) >= 11 is 6.03. The normalized spacial score (nSPS) is 20.3. The van der Waals surface area contributed by atoms with Crippen LogP contribution in [0, 0.1) is 5.92 Å². The molecular weight excluding hydrogens is 312 g/mol. The second-order valence-corrected chi connectivity index (χ2v) is 8.05. The third-order valence-electron chi connectivity index (χ3n) is 3.87. The van der Waals surface area contributed by atoms with Crippen molar-refractivity contribution in [2.24, 2.45) is 5.92 Å². The number of halogens is 1. The molecule has 0 spiro atoms. The summed E-state index contributed by atoms with van der Waals surface area (Å²) in [5, 5.41) is 9.34. The SMILES string of the molecule is CN1CCC(CN(C)S(=O)(=O)c2cc(CO)ccc2Cl)C1. The van der Waals surface area contributed by atoms with Crippen LogP contribution in [0.3, 0.4) is 0 Å². The van der Waals surface area contributed by atoms with Gasteiger partial charge in [0, 0.05) is 20.1 Å². The van der Waals surface area contributed by atoms with Crippen LogP contribution < -0.4 is 0 Å². The van der Waals surface area contributed by atoms with Gasteiger partial charge in [0.2, 0.25) is 10.0 Å². The summed E-state index contributed by atoms with van der Waals surface area (Å²) in [5.74, 6) is 0.342. The van der Waals surface area contributed by atoms with Gasteiger partial charge in [0.05, 0.1) is 11.6 Å². The molecule has 1 aromatic rings. The number of hydrogen-bond acceptors (Lipinski definition) is 4. The van der Waals surface area contributed by atoms with Gasteiger partial charge in [-0.3, -0.25) is 0 Å². The van der Waals surface area contributed by atoms with E-state index in [4.69, 9.17) is 16.7 Å². The molecule has 1 atom stereocenters. The summed E-state index contributed by atoms with van der Waals surface area (Å²) in [5.41, 5.74) is 0.534. The molecule has 1 N–H and O–H groups in total. The quantitative estimate of drug-likeness (QED) is 0.885. The van der Waals surface area contributed by atoms with E-state index < -0.39 is 10.0 Å². The summed E-state index contributed by atoms with van der Waals surface area (Å²) in [6, 6.07) is 4.57. The summed E-state index contributed by atoms with van der Waals surface area (Å²) in [4.78, 5) is 2.26. The molecule has 0 amide bonds. The summed E-state index contributed by atoms with van der Waals surface area (Å²) in [6.45, 7) is 2.17. The first-order valence-corrected chi connectivity index (χ1v) is 8.70.